The number of pyridine rings is 2. The van der Waals surface area contributed by atoms with Crippen LogP contribution in [0.1, 0.15) is 11.4 Å². The van der Waals surface area contributed by atoms with E-state index in [-0.39, 0.29) is 34.5 Å². The first-order valence-electron chi connectivity index (χ1n) is 13.2. The van der Waals surface area contributed by atoms with Crippen LogP contribution in [0, 0.1) is 0 Å². The number of amides is 2. The molecule has 0 bridgehead atoms. The van der Waals surface area contributed by atoms with Gasteiger partial charge in [0.2, 0.25) is 5.43 Å². The molecule has 0 spiro atoms. The number of carbonyl (C=O) groups is 3. The third kappa shape index (κ3) is 5.77. The molecule has 15 nitrogen and oxygen atoms in total. The number of nitrogen functional groups attached to an aromatic ring is 1. The lowest BCUT2D eigenvalue weighted by Crippen LogP contribution is -2.71. The van der Waals surface area contributed by atoms with E-state index in [0.717, 1.165) is 34.4 Å². The lowest BCUT2D eigenvalue weighted by molar-refractivity contribution is -0.687. The number of carboxylic acids is 1. The average molecular weight is 651 g/mol. The van der Waals surface area contributed by atoms with E-state index in [4.69, 9.17) is 10.6 Å². The normalized spacial score (nSPS) is 18.0. The van der Waals surface area contributed by atoms with E-state index >= 15 is 0 Å². The molecule has 3 aromatic heterocycles. The number of carbonyl (C=O) groups excluding carboxylic acids is 2. The van der Waals surface area contributed by atoms with Crippen LogP contribution in [-0.4, -0.2) is 70.7 Å². The average Bonchev–Trinajstić information content (AvgIpc) is 3.45. The van der Waals surface area contributed by atoms with Crippen LogP contribution in [0.2, 0.25) is 0 Å². The van der Waals surface area contributed by atoms with Gasteiger partial charge in [-0.2, -0.15) is 4.73 Å². The number of carboxylic acid groups (broad SMARTS) is 1. The van der Waals surface area contributed by atoms with E-state index in [1.165, 1.54) is 22.0 Å². The van der Waals surface area contributed by atoms with Gasteiger partial charge in [0, 0.05) is 34.2 Å². The zero-order valence-electron chi connectivity index (χ0n) is 23.1. The number of nitrogens with two attached hydrogens (primary N) is 1. The van der Waals surface area contributed by atoms with Gasteiger partial charge in [-0.1, -0.05) is 23.4 Å². The Morgan fingerprint density at radius 1 is 1.22 bits per heavy atom. The zero-order chi connectivity index (χ0) is 31.8. The SMILES string of the molecule is Nc1nc(/C(=N\OCc2cc(=O)c(O)cn2O)C(=O)N[C@H]2C(=O)N3C(C(=O)O)=C(C[n+]4ccc5ccccc5c4)CS[C@@H]23)cs1. The number of hydrogen-bond acceptors (Lipinski definition) is 12. The summed E-state index contributed by atoms with van der Waals surface area (Å²) in [7, 11) is 0. The third-order valence-electron chi connectivity index (χ3n) is 7.09. The minimum atomic E-state index is -1.25. The summed E-state index contributed by atoms with van der Waals surface area (Å²) in [5.41, 5.74) is 5.02. The van der Waals surface area contributed by atoms with Crippen LogP contribution >= 0.6 is 23.1 Å². The number of oxime groups is 1. The maximum Gasteiger partial charge on any atom is 0.352 e. The molecule has 4 aromatic rings. The number of fused-ring (bicyclic) bond motifs is 2. The fraction of sp³-hybridized carbons (Fsp3) is 0.179. The van der Waals surface area contributed by atoms with Crippen molar-refractivity contribution in [1.29, 1.82) is 0 Å². The van der Waals surface area contributed by atoms with E-state index in [0.29, 0.717) is 16.1 Å². The summed E-state index contributed by atoms with van der Waals surface area (Å²) < 4.78 is 2.33. The molecule has 2 aliphatic rings. The molecule has 5 heterocycles. The molecule has 0 aliphatic carbocycles. The molecule has 0 radical (unpaired) electrons. The summed E-state index contributed by atoms with van der Waals surface area (Å²) in [6.07, 6.45) is 4.54. The maximum absolute atomic E-state index is 13.4. The quantitative estimate of drug-likeness (QED) is 0.0557. The molecule has 0 unspecified atom stereocenters. The Morgan fingerprint density at radius 3 is 2.73 bits per heavy atom. The van der Waals surface area contributed by atoms with Crippen LogP contribution in [0.25, 0.3) is 10.8 Å². The Hall–Kier alpha value is -5.42. The number of thiazole rings is 1. The Balaban J connectivity index is 1.20. The summed E-state index contributed by atoms with van der Waals surface area (Å²) >= 11 is 2.35. The standard InChI is InChI=1S/C28H23N7O8S2/c29-28-30-18(13-45-28)21(32-43-11-17-7-19(36)20(37)10-34(17)42)24(38)31-22-25(39)35-23(27(40)41)16(12-44-26(22)35)9-33-6-5-14-3-1-2-4-15(14)8-33/h1-8,10,13,22,26,42H,9,11-12H2,(H4-,29,30,31,37,38,40,41)/p+1/b32-21+/t22-,26-/m0/s1. The van der Waals surface area contributed by atoms with E-state index < -0.39 is 47.0 Å². The number of rotatable bonds is 9. The monoisotopic (exact) mass is 650 g/mol. The summed E-state index contributed by atoms with van der Waals surface area (Å²) in [6, 6.07) is 9.57. The second kappa shape index (κ2) is 11.9. The van der Waals surface area contributed by atoms with Gasteiger partial charge in [-0.3, -0.25) is 19.3 Å². The minimum absolute atomic E-state index is 0.0443. The van der Waals surface area contributed by atoms with Gasteiger partial charge < -0.3 is 31.3 Å². The van der Waals surface area contributed by atoms with Crippen molar-refractivity contribution < 1.29 is 39.2 Å². The van der Waals surface area contributed by atoms with Crippen molar-refractivity contribution in [3.8, 4) is 5.75 Å². The maximum atomic E-state index is 13.4. The van der Waals surface area contributed by atoms with E-state index in [1.807, 2.05) is 47.3 Å². The first kappa shape index (κ1) is 29.6. The van der Waals surface area contributed by atoms with Gasteiger partial charge >= 0.3 is 5.97 Å². The topological polar surface area (TPSA) is 214 Å². The number of hydrogen-bond donors (Lipinski definition) is 5. The number of thioether (sulfide) groups is 1. The molecule has 2 aliphatic heterocycles. The Kier molecular flexibility index (Phi) is 7.86. The highest BCUT2D eigenvalue weighted by Gasteiger charge is 2.54. The molecule has 1 fully saturated rings. The van der Waals surface area contributed by atoms with Crippen molar-refractivity contribution in [2.24, 2.45) is 5.16 Å². The predicted octanol–water partition coefficient (Wildman–Crippen LogP) is 0.630. The van der Waals surface area contributed by atoms with Gasteiger partial charge in [-0.05, 0) is 11.5 Å². The Labute approximate surface area is 261 Å². The second-order valence-electron chi connectivity index (χ2n) is 10.0. The zero-order valence-corrected chi connectivity index (χ0v) is 24.7. The number of β-lactam (4-membered cyclic amide) rings is 1. The van der Waals surface area contributed by atoms with Crippen LogP contribution < -0.4 is 21.0 Å². The number of anilines is 1. The van der Waals surface area contributed by atoms with Crippen LogP contribution in [-0.2, 0) is 32.4 Å². The minimum Gasteiger partial charge on any atom is -0.503 e. The van der Waals surface area contributed by atoms with Gasteiger partial charge in [0.15, 0.2) is 42.1 Å². The highest BCUT2D eigenvalue weighted by atomic mass is 32.2. The van der Waals surface area contributed by atoms with Crippen molar-refractivity contribution in [3.05, 3.63) is 93.3 Å². The molecule has 6 rings (SSSR count). The van der Waals surface area contributed by atoms with Crippen molar-refractivity contribution in [2.45, 2.75) is 24.6 Å². The van der Waals surface area contributed by atoms with Gasteiger partial charge in [-0.15, -0.1) is 23.1 Å². The lowest BCUT2D eigenvalue weighted by atomic mass is 10.0. The van der Waals surface area contributed by atoms with Crippen LogP contribution in [0.15, 0.2) is 81.6 Å². The third-order valence-corrected chi connectivity index (χ3v) is 9.11. The van der Waals surface area contributed by atoms with Gasteiger partial charge in [0.1, 0.15) is 28.5 Å². The van der Waals surface area contributed by atoms with E-state index in [1.54, 1.807) is 0 Å². The first-order chi connectivity index (χ1) is 21.6. The highest BCUT2D eigenvalue weighted by Crippen LogP contribution is 2.40. The number of aromatic hydroxyl groups is 1. The van der Waals surface area contributed by atoms with Gasteiger partial charge in [0.05, 0.1) is 6.20 Å². The van der Waals surface area contributed by atoms with Gasteiger partial charge in [0.25, 0.3) is 11.8 Å². The molecular formula is C28H24N7O8S2+. The highest BCUT2D eigenvalue weighted by molar-refractivity contribution is 8.00. The molecule has 2 atom stereocenters. The fourth-order valence-corrected chi connectivity index (χ4v) is 6.82. The number of aliphatic carboxylic acids is 1. The number of aromatic nitrogens is 3. The van der Waals surface area contributed by atoms with Gasteiger partial charge in [-0.25, -0.2) is 14.3 Å². The van der Waals surface area contributed by atoms with Crippen molar-refractivity contribution in [3.63, 3.8) is 0 Å². The van der Waals surface area contributed by atoms with E-state index in [9.17, 15) is 34.6 Å². The molecular weight excluding hydrogens is 626 g/mol. The number of benzene rings is 1. The second-order valence-corrected chi connectivity index (χ2v) is 12.0. The molecule has 0 saturated carbocycles. The number of nitrogens with one attached hydrogen (secondary N) is 1. The Bertz CT molecular complexity index is 1990. The molecule has 17 heteroatoms. The lowest BCUT2D eigenvalue weighted by Gasteiger charge is -2.49. The summed E-state index contributed by atoms with van der Waals surface area (Å²) in [4.78, 5) is 61.2. The van der Waals surface area contributed by atoms with Crippen molar-refractivity contribution >= 4 is 62.5 Å². The van der Waals surface area contributed by atoms with Crippen molar-refractivity contribution in [2.75, 3.05) is 11.5 Å². The molecule has 1 saturated heterocycles. The Morgan fingerprint density at radius 2 is 2.00 bits per heavy atom. The first-order valence-corrected chi connectivity index (χ1v) is 15.2. The van der Waals surface area contributed by atoms with Crippen LogP contribution in [0.3, 0.4) is 0 Å². The molecule has 230 valence electrons. The molecule has 2 amide bonds. The fourth-order valence-electron chi connectivity index (χ4n) is 4.94. The smallest absolute Gasteiger partial charge is 0.352 e. The molecule has 6 N–H and O–H groups in total. The molecule has 45 heavy (non-hydrogen) atoms. The summed E-state index contributed by atoms with van der Waals surface area (Å²) in [5.74, 6) is -3.07. The van der Waals surface area contributed by atoms with Crippen LogP contribution in [0.4, 0.5) is 5.13 Å². The summed E-state index contributed by atoms with van der Waals surface area (Å²) in [5, 5.41) is 38.8. The van der Waals surface area contributed by atoms with E-state index in [2.05, 4.69) is 15.5 Å². The van der Waals surface area contributed by atoms with Crippen LogP contribution in [0.5, 0.6) is 5.75 Å². The number of nitrogens with zero attached hydrogens (tertiary/aromatic N) is 5. The predicted molar refractivity (Wildman–Crippen MR) is 161 cm³/mol. The largest absolute Gasteiger partial charge is 0.503 e. The summed E-state index contributed by atoms with van der Waals surface area (Å²) in [6.45, 7) is -0.211. The van der Waals surface area contributed by atoms with Crippen molar-refractivity contribution in [1.82, 2.24) is 19.9 Å². The molecule has 1 aromatic carbocycles.